The van der Waals surface area contributed by atoms with Gasteiger partial charge in [0.15, 0.2) is 0 Å². The average molecular weight is 322 g/mol. The van der Waals surface area contributed by atoms with Crippen molar-refractivity contribution in [1.82, 2.24) is 10.3 Å². The standard InChI is InChI=1S/C18H28ClN3/c1-4-14(15-5-10-18(19)13(2)11-15)12-22(20)17-8-6-16(21-3)7-9-17/h5,10-12,16-17,21H,4,6-9,20H2,1-3H3/b14-12+. The molecule has 1 saturated carbocycles. The molecule has 1 aliphatic rings. The first-order valence-corrected chi connectivity index (χ1v) is 8.60. The Kier molecular flexibility index (Phi) is 6.30. The number of halogens is 1. The summed E-state index contributed by atoms with van der Waals surface area (Å²) in [5.41, 5.74) is 3.58. The van der Waals surface area contributed by atoms with Gasteiger partial charge in [-0.1, -0.05) is 30.7 Å². The zero-order chi connectivity index (χ0) is 16.1. The normalized spacial score (nSPS) is 22.7. The molecule has 3 N–H and O–H groups in total. The van der Waals surface area contributed by atoms with Crippen molar-refractivity contribution in [2.75, 3.05) is 7.05 Å². The van der Waals surface area contributed by atoms with Gasteiger partial charge < -0.3 is 10.3 Å². The molecule has 1 aliphatic carbocycles. The van der Waals surface area contributed by atoms with Crippen LogP contribution in [-0.4, -0.2) is 24.1 Å². The summed E-state index contributed by atoms with van der Waals surface area (Å²) in [7, 11) is 2.04. The van der Waals surface area contributed by atoms with Gasteiger partial charge in [0.05, 0.1) is 0 Å². The summed E-state index contributed by atoms with van der Waals surface area (Å²) >= 11 is 6.12. The minimum Gasteiger partial charge on any atom is -0.317 e. The van der Waals surface area contributed by atoms with E-state index in [1.54, 1.807) is 0 Å². The smallest absolute Gasteiger partial charge is 0.0447 e. The van der Waals surface area contributed by atoms with Gasteiger partial charge in [0, 0.05) is 23.3 Å². The van der Waals surface area contributed by atoms with Crippen molar-refractivity contribution in [2.24, 2.45) is 5.84 Å². The molecule has 22 heavy (non-hydrogen) atoms. The Labute approximate surface area is 139 Å². The van der Waals surface area contributed by atoms with Crippen LogP contribution in [0.4, 0.5) is 0 Å². The van der Waals surface area contributed by atoms with Gasteiger partial charge in [-0.15, -0.1) is 0 Å². The number of rotatable bonds is 5. The lowest BCUT2D eigenvalue weighted by Crippen LogP contribution is -2.42. The number of nitrogens with two attached hydrogens (primary N) is 1. The fraction of sp³-hybridized carbons (Fsp3) is 0.556. The van der Waals surface area contributed by atoms with Crippen molar-refractivity contribution in [1.29, 1.82) is 0 Å². The van der Waals surface area contributed by atoms with E-state index in [1.807, 2.05) is 25.0 Å². The average Bonchev–Trinajstić information content (AvgIpc) is 2.55. The van der Waals surface area contributed by atoms with Crippen LogP contribution in [0.3, 0.4) is 0 Å². The first kappa shape index (κ1) is 17.3. The van der Waals surface area contributed by atoms with Crippen LogP contribution in [0.5, 0.6) is 0 Å². The van der Waals surface area contributed by atoms with Crippen LogP contribution in [0.25, 0.3) is 5.57 Å². The number of allylic oxidation sites excluding steroid dienone is 1. The Morgan fingerprint density at radius 1 is 1.36 bits per heavy atom. The third kappa shape index (κ3) is 4.25. The highest BCUT2D eigenvalue weighted by Crippen LogP contribution is 2.26. The summed E-state index contributed by atoms with van der Waals surface area (Å²) in [6.07, 6.45) is 7.77. The van der Waals surface area contributed by atoms with E-state index >= 15 is 0 Å². The van der Waals surface area contributed by atoms with Crippen molar-refractivity contribution >= 4 is 17.2 Å². The van der Waals surface area contributed by atoms with Crippen LogP contribution in [0.1, 0.15) is 50.2 Å². The number of aryl methyl sites for hydroxylation is 1. The molecule has 0 spiro atoms. The molecule has 0 saturated heterocycles. The highest BCUT2D eigenvalue weighted by Gasteiger charge is 2.22. The van der Waals surface area contributed by atoms with Crippen LogP contribution in [0.15, 0.2) is 24.4 Å². The van der Waals surface area contributed by atoms with Crippen molar-refractivity contribution in [3.63, 3.8) is 0 Å². The number of nitrogens with zero attached hydrogens (tertiary/aromatic N) is 1. The number of hydrazine groups is 1. The predicted molar refractivity (Wildman–Crippen MR) is 95.6 cm³/mol. The van der Waals surface area contributed by atoms with Crippen LogP contribution in [0.2, 0.25) is 5.02 Å². The first-order chi connectivity index (χ1) is 10.5. The lowest BCUT2D eigenvalue weighted by Gasteiger charge is -2.34. The molecule has 1 aromatic carbocycles. The van der Waals surface area contributed by atoms with E-state index in [2.05, 4.69) is 30.6 Å². The van der Waals surface area contributed by atoms with Gasteiger partial charge in [0.1, 0.15) is 0 Å². The number of hydrogen-bond acceptors (Lipinski definition) is 3. The SMILES string of the molecule is CC/C(=C\N(N)C1CCC(NC)CC1)c1ccc(Cl)c(C)c1. The molecule has 0 radical (unpaired) electrons. The molecule has 2 rings (SSSR count). The fourth-order valence-corrected chi connectivity index (χ4v) is 3.28. The highest BCUT2D eigenvalue weighted by molar-refractivity contribution is 6.31. The van der Waals surface area contributed by atoms with Crippen LogP contribution in [0, 0.1) is 6.92 Å². The second-order valence-electron chi connectivity index (χ2n) is 6.21. The maximum atomic E-state index is 6.33. The molecule has 1 aromatic rings. The Bertz CT molecular complexity index is 519. The van der Waals surface area contributed by atoms with Gasteiger partial charge in [-0.3, -0.25) is 0 Å². The number of hydrogen-bond donors (Lipinski definition) is 2. The third-order valence-electron chi connectivity index (χ3n) is 4.74. The van der Waals surface area contributed by atoms with E-state index in [0.717, 1.165) is 29.8 Å². The van der Waals surface area contributed by atoms with Gasteiger partial charge >= 0.3 is 0 Å². The maximum absolute atomic E-state index is 6.33. The van der Waals surface area contributed by atoms with E-state index in [9.17, 15) is 0 Å². The van der Waals surface area contributed by atoms with Crippen molar-refractivity contribution < 1.29 is 0 Å². The fourth-order valence-electron chi connectivity index (χ4n) is 3.16. The lowest BCUT2D eigenvalue weighted by atomic mass is 9.91. The van der Waals surface area contributed by atoms with Crippen LogP contribution < -0.4 is 11.2 Å². The molecule has 0 unspecified atom stereocenters. The van der Waals surface area contributed by atoms with Gasteiger partial charge in [0.2, 0.25) is 0 Å². The van der Waals surface area contributed by atoms with E-state index in [4.69, 9.17) is 17.4 Å². The van der Waals surface area contributed by atoms with E-state index in [0.29, 0.717) is 12.1 Å². The van der Waals surface area contributed by atoms with Gasteiger partial charge in [-0.2, -0.15) is 0 Å². The quantitative estimate of drug-likeness (QED) is 0.633. The molecule has 0 atom stereocenters. The van der Waals surface area contributed by atoms with Gasteiger partial charge in [-0.05, 0) is 68.8 Å². The molecule has 0 aliphatic heterocycles. The predicted octanol–water partition coefficient (Wildman–Crippen LogP) is 4.11. The molecule has 4 heteroatoms. The number of nitrogens with one attached hydrogen (secondary N) is 1. The molecule has 122 valence electrons. The molecular weight excluding hydrogens is 294 g/mol. The summed E-state index contributed by atoms with van der Waals surface area (Å²) in [5, 5.41) is 6.10. The summed E-state index contributed by atoms with van der Waals surface area (Å²) in [6.45, 7) is 4.21. The van der Waals surface area contributed by atoms with Crippen LogP contribution in [-0.2, 0) is 0 Å². The Morgan fingerprint density at radius 2 is 2.05 bits per heavy atom. The second-order valence-corrected chi connectivity index (χ2v) is 6.62. The molecular formula is C18H28ClN3. The van der Waals surface area contributed by atoms with Gasteiger partial charge in [-0.25, -0.2) is 5.84 Å². The lowest BCUT2D eigenvalue weighted by molar-refractivity contribution is 0.202. The van der Waals surface area contributed by atoms with Crippen molar-refractivity contribution in [3.05, 3.63) is 40.5 Å². The molecule has 0 bridgehead atoms. The molecule has 0 aromatic heterocycles. The molecule has 0 heterocycles. The van der Waals surface area contributed by atoms with E-state index < -0.39 is 0 Å². The van der Waals surface area contributed by atoms with Crippen molar-refractivity contribution in [2.45, 2.75) is 58.0 Å². The van der Waals surface area contributed by atoms with Crippen LogP contribution >= 0.6 is 11.6 Å². The number of benzene rings is 1. The Hall–Kier alpha value is -1.03. The van der Waals surface area contributed by atoms with Crippen molar-refractivity contribution in [3.8, 4) is 0 Å². The zero-order valence-corrected chi connectivity index (χ0v) is 14.7. The summed E-state index contributed by atoms with van der Waals surface area (Å²) in [6, 6.07) is 7.28. The summed E-state index contributed by atoms with van der Waals surface area (Å²) in [5.74, 6) is 6.33. The minimum absolute atomic E-state index is 0.444. The molecule has 1 fully saturated rings. The van der Waals surface area contributed by atoms with Gasteiger partial charge in [0.25, 0.3) is 0 Å². The molecule has 0 amide bonds. The monoisotopic (exact) mass is 321 g/mol. The maximum Gasteiger partial charge on any atom is 0.0447 e. The topological polar surface area (TPSA) is 41.3 Å². The highest BCUT2D eigenvalue weighted by atomic mass is 35.5. The van der Waals surface area contributed by atoms with E-state index in [1.165, 1.54) is 24.0 Å². The summed E-state index contributed by atoms with van der Waals surface area (Å²) in [4.78, 5) is 0. The van der Waals surface area contributed by atoms with E-state index in [-0.39, 0.29) is 0 Å². The first-order valence-electron chi connectivity index (χ1n) is 8.22. The minimum atomic E-state index is 0.444. The third-order valence-corrected chi connectivity index (χ3v) is 5.17. The zero-order valence-electron chi connectivity index (χ0n) is 13.9. The summed E-state index contributed by atoms with van der Waals surface area (Å²) < 4.78 is 0. The largest absolute Gasteiger partial charge is 0.317 e. The Balaban J connectivity index is 2.09. The molecule has 3 nitrogen and oxygen atoms in total. The second kappa shape index (κ2) is 8.00. The Morgan fingerprint density at radius 3 is 2.59 bits per heavy atom.